The number of aryl methyl sites for hydroxylation is 2. The number of fused-ring (bicyclic) bond motifs is 1. The zero-order valence-electron chi connectivity index (χ0n) is 11.5. The third-order valence-electron chi connectivity index (χ3n) is 3.02. The second kappa shape index (κ2) is 6.04. The molecule has 0 saturated carbocycles. The summed E-state index contributed by atoms with van der Waals surface area (Å²) in [7, 11) is 1.86. The highest BCUT2D eigenvalue weighted by Gasteiger charge is 2.14. The van der Waals surface area contributed by atoms with Crippen LogP contribution in [0.5, 0.6) is 0 Å². The van der Waals surface area contributed by atoms with Crippen LogP contribution in [0.1, 0.15) is 34.6 Å². The summed E-state index contributed by atoms with van der Waals surface area (Å²) in [4.78, 5) is 24.0. The average Bonchev–Trinajstić information content (AvgIpc) is 2.91. The second-order valence-electron chi connectivity index (χ2n) is 4.65. The van der Waals surface area contributed by atoms with Gasteiger partial charge >= 0.3 is 5.97 Å². The number of nitrogens with one attached hydrogen (secondary N) is 1. The number of nitrogens with zero attached hydrogens (tertiary/aromatic N) is 2. The number of rotatable bonds is 6. The number of carboxylic acid groups (broad SMARTS) is 1. The molecule has 1 amide bonds. The summed E-state index contributed by atoms with van der Waals surface area (Å²) in [5.41, 5.74) is 0.916. The van der Waals surface area contributed by atoms with Gasteiger partial charge in [0.1, 0.15) is 4.83 Å². The summed E-state index contributed by atoms with van der Waals surface area (Å²) >= 11 is 1.42. The maximum Gasteiger partial charge on any atom is 0.303 e. The number of aliphatic carboxylic acids is 1. The Morgan fingerprint density at radius 1 is 1.45 bits per heavy atom. The van der Waals surface area contributed by atoms with Gasteiger partial charge < -0.3 is 10.4 Å². The average molecular weight is 295 g/mol. The van der Waals surface area contributed by atoms with E-state index < -0.39 is 5.97 Å². The minimum absolute atomic E-state index is 0.110. The molecule has 0 atom stereocenters. The molecule has 0 radical (unpaired) electrons. The van der Waals surface area contributed by atoms with E-state index in [1.807, 2.05) is 20.0 Å². The van der Waals surface area contributed by atoms with E-state index in [0.29, 0.717) is 24.3 Å². The number of amides is 1. The number of carboxylic acids is 1. The predicted molar refractivity (Wildman–Crippen MR) is 77.1 cm³/mol. The fraction of sp³-hybridized carbons (Fsp3) is 0.462. The lowest BCUT2D eigenvalue weighted by molar-refractivity contribution is -0.137. The zero-order chi connectivity index (χ0) is 14.7. The minimum atomic E-state index is -0.802. The first-order chi connectivity index (χ1) is 9.49. The smallest absolute Gasteiger partial charge is 0.303 e. The second-order valence-corrected chi connectivity index (χ2v) is 5.68. The molecule has 0 aromatic carbocycles. The van der Waals surface area contributed by atoms with Gasteiger partial charge in [-0.3, -0.25) is 14.3 Å². The summed E-state index contributed by atoms with van der Waals surface area (Å²) in [5.74, 6) is -0.912. The molecule has 108 valence electrons. The Hall–Kier alpha value is -1.89. The fourth-order valence-electron chi connectivity index (χ4n) is 2.01. The van der Waals surface area contributed by atoms with Crippen LogP contribution in [-0.2, 0) is 11.8 Å². The van der Waals surface area contributed by atoms with Crippen molar-refractivity contribution in [1.29, 1.82) is 0 Å². The summed E-state index contributed by atoms with van der Waals surface area (Å²) in [6.45, 7) is 2.42. The lowest BCUT2D eigenvalue weighted by atomic mass is 10.2. The Kier molecular flexibility index (Phi) is 4.39. The monoisotopic (exact) mass is 295 g/mol. The van der Waals surface area contributed by atoms with Gasteiger partial charge in [-0.1, -0.05) is 0 Å². The summed E-state index contributed by atoms with van der Waals surface area (Å²) < 4.78 is 1.78. The van der Waals surface area contributed by atoms with Crippen molar-refractivity contribution >= 4 is 33.4 Å². The van der Waals surface area contributed by atoms with Gasteiger partial charge in [0.2, 0.25) is 0 Å². The van der Waals surface area contributed by atoms with Gasteiger partial charge in [0, 0.05) is 25.4 Å². The zero-order valence-corrected chi connectivity index (χ0v) is 12.3. The van der Waals surface area contributed by atoms with Crippen molar-refractivity contribution in [3.05, 3.63) is 16.6 Å². The van der Waals surface area contributed by atoms with Crippen molar-refractivity contribution < 1.29 is 14.7 Å². The maximum atomic E-state index is 12.0. The molecule has 7 heteroatoms. The summed E-state index contributed by atoms with van der Waals surface area (Å²) in [6, 6.07) is 1.86. The molecule has 0 aliphatic carbocycles. The molecule has 0 unspecified atom stereocenters. The molecule has 0 saturated heterocycles. The number of aromatic nitrogens is 2. The standard InChI is InChI=1S/C13H17N3O3S/c1-8-9-7-10(20-13(9)16(2)15-8)12(19)14-6-4-3-5-11(17)18/h7H,3-6H2,1-2H3,(H,14,19)(H,17,18). The molecule has 2 aromatic rings. The Bertz CT molecular complexity index is 610. The molecule has 2 heterocycles. The van der Waals surface area contributed by atoms with Crippen LogP contribution < -0.4 is 5.32 Å². The van der Waals surface area contributed by atoms with Crippen LogP contribution in [-0.4, -0.2) is 33.3 Å². The Balaban J connectivity index is 1.91. The first-order valence-corrected chi connectivity index (χ1v) is 7.24. The van der Waals surface area contributed by atoms with E-state index in [4.69, 9.17) is 5.11 Å². The lowest BCUT2D eigenvalue weighted by Gasteiger charge is -2.02. The third-order valence-corrected chi connectivity index (χ3v) is 4.22. The van der Waals surface area contributed by atoms with Gasteiger partial charge in [-0.25, -0.2) is 0 Å². The molecule has 2 rings (SSSR count). The van der Waals surface area contributed by atoms with Crippen LogP contribution in [0, 0.1) is 6.92 Å². The molecular formula is C13H17N3O3S. The van der Waals surface area contributed by atoms with Crippen LogP contribution in [0.4, 0.5) is 0 Å². The molecule has 0 aliphatic heterocycles. The fourth-order valence-corrected chi connectivity index (χ4v) is 3.05. The van der Waals surface area contributed by atoms with Crippen molar-refractivity contribution in [3.63, 3.8) is 0 Å². The van der Waals surface area contributed by atoms with E-state index in [-0.39, 0.29) is 12.3 Å². The number of unbranched alkanes of at least 4 members (excludes halogenated alkanes) is 1. The number of carbonyl (C=O) groups is 2. The van der Waals surface area contributed by atoms with Crippen LogP contribution in [0.25, 0.3) is 10.2 Å². The van der Waals surface area contributed by atoms with Gasteiger partial charge in [-0.2, -0.15) is 5.10 Å². The van der Waals surface area contributed by atoms with Gasteiger partial charge in [0.05, 0.1) is 10.6 Å². The molecule has 2 aromatic heterocycles. The quantitative estimate of drug-likeness (QED) is 0.798. The SMILES string of the molecule is Cc1nn(C)c2sc(C(=O)NCCCCC(=O)O)cc12. The largest absolute Gasteiger partial charge is 0.481 e. The normalized spacial score (nSPS) is 10.9. The van der Waals surface area contributed by atoms with E-state index in [2.05, 4.69) is 10.4 Å². The predicted octanol–water partition coefficient (Wildman–Crippen LogP) is 1.93. The minimum Gasteiger partial charge on any atom is -0.481 e. The first kappa shape index (κ1) is 14.5. The molecule has 0 aliphatic rings. The molecule has 20 heavy (non-hydrogen) atoms. The maximum absolute atomic E-state index is 12.0. The van der Waals surface area contributed by atoms with Gasteiger partial charge in [-0.05, 0) is 25.8 Å². The van der Waals surface area contributed by atoms with Crippen molar-refractivity contribution in [2.75, 3.05) is 6.54 Å². The molecule has 0 fully saturated rings. The number of carbonyl (C=O) groups excluding carboxylic acids is 1. The molecule has 2 N–H and O–H groups in total. The van der Waals surface area contributed by atoms with E-state index in [0.717, 1.165) is 15.9 Å². The number of thiophene rings is 1. The van der Waals surface area contributed by atoms with Gasteiger partial charge in [-0.15, -0.1) is 11.3 Å². The van der Waals surface area contributed by atoms with E-state index >= 15 is 0 Å². The molecule has 0 bridgehead atoms. The summed E-state index contributed by atoms with van der Waals surface area (Å²) in [5, 5.41) is 16.6. The first-order valence-electron chi connectivity index (χ1n) is 6.42. The van der Waals surface area contributed by atoms with Crippen molar-refractivity contribution in [3.8, 4) is 0 Å². The lowest BCUT2D eigenvalue weighted by Crippen LogP contribution is -2.23. The Morgan fingerprint density at radius 2 is 2.20 bits per heavy atom. The van der Waals surface area contributed by atoms with Crippen molar-refractivity contribution in [2.24, 2.45) is 7.05 Å². The highest BCUT2D eigenvalue weighted by atomic mass is 32.1. The highest BCUT2D eigenvalue weighted by molar-refractivity contribution is 7.20. The number of hydrogen-bond donors (Lipinski definition) is 2. The van der Waals surface area contributed by atoms with Gasteiger partial charge in [0.25, 0.3) is 5.91 Å². The molecular weight excluding hydrogens is 278 g/mol. The summed E-state index contributed by atoms with van der Waals surface area (Å²) in [6.07, 6.45) is 1.39. The van der Waals surface area contributed by atoms with E-state index in [9.17, 15) is 9.59 Å². The number of hydrogen-bond acceptors (Lipinski definition) is 4. The Morgan fingerprint density at radius 3 is 2.85 bits per heavy atom. The van der Waals surface area contributed by atoms with E-state index in [1.54, 1.807) is 4.68 Å². The van der Waals surface area contributed by atoms with Crippen LogP contribution in [0.2, 0.25) is 0 Å². The van der Waals surface area contributed by atoms with Crippen molar-refractivity contribution in [1.82, 2.24) is 15.1 Å². The molecule has 0 spiro atoms. The van der Waals surface area contributed by atoms with Crippen LogP contribution >= 0.6 is 11.3 Å². The van der Waals surface area contributed by atoms with E-state index in [1.165, 1.54) is 11.3 Å². The van der Waals surface area contributed by atoms with Crippen LogP contribution in [0.15, 0.2) is 6.07 Å². The van der Waals surface area contributed by atoms with Gasteiger partial charge in [0.15, 0.2) is 0 Å². The third kappa shape index (κ3) is 3.16. The van der Waals surface area contributed by atoms with Crippen molar-refractivity contribution in [2.45, 2.75) is 26.2 Å². The molecule has 6 nitrogen and oxygen atoms in total. The highest BCUT2D eigenvalue weighted by Crippen LogP contribution is 2.27. The topological polar surface area (TPSA) is 84.2 Å². The Labute approximate surface area is 120 Å². The van der Waals surface area contributed by atoms with Crippen LogP contribution in [0.3, 0.4) is 0 Å².